The van der Waals surface area contributed by atoms with Crippen molar-refractivity contribution in [2.24, 2.45) is 0 Å². The van der Waals surface area contributed by atoms with Crippen molar-refractivity contribution in [1.82, 2.24) is 0 Å². The number of hydrogen-bond acceptors (Lipinski definition) is 0. The van der Waals surface area contributed by atoms with E-state index < -0.39 is 11.7 Å². The van der Waals surface area contributed by atoms with E-state index in [2.05, 4.69) is 15.9 Å². The van der Waals surface area contributed by atoms with Crippen LogP contribution in [0.5, 0.6) is 0 Å². The molecule has 0 saturated heterocycles. The predicted molar refractivity (Wildman–Crippen MR) is 83.0 cm³/mol. The minimum atomic E-state index is -4.29. The Balaban J connectivity index is 2.12. The molecule has 2 aromatic rings. The summed E-state index contributed by atoms with van der Waals surface area (Å²) in [5, 5.41) is 0.702. The fourth-order valence-electron chi connectivity index (χ4n) is 2.02. The molecule has 2 aromatic carbocycles. The highest BCUT2D eigenvalue weighted by molar-refractivity contribution is 9.09. The van der Waals surface area contributed by atoms with Gasteiger partial charge in [-0.15, -0.1) is 0 Å². The molecule has 5 heteroatoms. The second-order valence-corrected chi connectivity index (χ2v) is 6.39. The van der Waals surface area contributed by atoms with Crippen LogP contribution in [-0.2, 0) is 12.6 Å². The Morgan fingerprint density at radius 2 is 1.71 bits per heavy atom. The van der Waals surface area contributed by atoms with Gasteiger partial charge in [0, 0.05) is 9.85 Å². The predicted octanol–water partition coefficient (Wildman–Crippen LogP) is 6.35. The van der Waals surface area contributed by atoms with E-state index in [0.717, 1.165) is 28.8 Å². The lowest BCUT2D eigenvalue weighted by atomic mass is 10.0. The van der Waals surface area contributed by atoms with Crippen LogP contribution in [0.4, 0.5) is 13.2 Å². The first-order valence-corrected chi connectivity index (χ1v) is 7.63. The summed E-state index contributed by atoms with van der Waals surface area (Å²) in [4.78, 5) is 0.0326. The van der Waals surface area contributed by atoms with Crippen LogP contribution in [0.3, 0.4) is 0 Å². The molecule has 0 radical (unpaired) electrons. The largest absolute Gasteiger partial charge is 0.416 e. The SMILES string of the molecule is Cc1cc(C(Br)Cc2ccc(C(F)(F)F)cc2)ccc1Cl. The van der Waals surface area contributed by atoms with Crippen LogP contribution >= 0.6 is 27.5 Å². The molecule has 21 heavy (non-hydrogen) atoms. The van der Waals surface area contributed by atoms with Crippen LogP contribution < -0.4 is 0 Å². The van der Waals surface area contributed by atoms with Gasteiger partial charge in [0.15, 0.2) is 0 Å². The highest BCUT2D eigenvalue weighted by Gasteiger charge is 2.29. The Hall–Kier alpha value is -1.00. The van der Waals surface area contributed by atoms with E-state index in [-0.39, 0.29) is 4.83 Å². The fraction of sp³-hybridized carbons (Fsp3) is 0.250. The van der Waals surface area contributed by atoms with Crippen LogP contribution in [0.15, 0.2) is 42.5 Å². The number of aryl methyl sites for hydroxylation is 1. The number of benzene rings is 2. The fourth-order valence-corrected chi connectivity index (χ4v) is 2.79. The Bertz CT molecular complexity index is 620. The molecule has 0 aliphatic carbocycles. The summed E-state index contributed by atoms with van der Waals surface area (Å²) in [7, 11) is 0. The van der Waals surface area contributed by atoms with Crippen LogP contribution in [0, 0.1) is 6.92 Å². The molecule has 1 unspecified atom stereocenters. The zero-order chi connectivity index (χ0) is 15.6. The Morgan fingerprint density at radius 1 is 1.10 bits per heavy atom. The topological polar surface area (TPSA) is 0 Å². The van der Waals surface area contributed by atoms with Gasteiger partial charge in [-0.1, -0.05) is 51.8 Å². The highest BCUT2D eigenvalue weighted by atomic mass is 79.9. The van der Waals surface area contributed by atoms with Crippen molar-refractivity contribution in [2.75, 3.05) is 0 Å². The van der Waals surface area contributed by atoms with Gasteiger partial charge in [0.25, 0.3) is 0 Å². The van der Waals surface area contributed by atoms with Gasteiger partial charge < -0.3 is 0 Å². The summed E-state index contributed by atoms with van der Waals surface area (Å²) >= 11 is 9.56. The van der Waals surface area contributed by atoms with Crippen molar-refractivity contribution >= 4 is 27.5 Å². The van der Waals surface area contributed by atoms with Gasteiger partial charge in [-0.25, -0.2) is 0 Å². The molecule has 0 heterocycles. The molecule has 0 aliphatic rings. The summed E-state index contributed by atoms with van der Waals surface area (Å²) < 4.78 is 37.5. The summed E-state index contributed by atoms with van der Waals surface area (Å²) in [6.45, 7) is 1.92. The monoisotopic (exact) mass is 376 g/mol. The van der Waals surface area contributed by atoms with Crippen LogP contribution in [0.25, 0.3) is 0 Å². The van der Waals surface area contributed by atoms with Gasteiger partial charge in [-0.2, -0.15) is 13.2 Å². The van der Waals surface area contributed by atoms with Crippen molar-refractivity contribution < 1.29 is 13.2 Å². The van der Waals surface area contributed by atoms with Crippen LogP contribution in [-0.4, -0.2) is 0 Å². The molecule has 112 valence electrons. The maximum atomic E-state index is 12.5. The van der Waals surface area contributed by atoms with E-state index in [1.54, 1.807) is 0 Å². The van der Waals surface area contributed by atoms with Gasteiger partial charge in [0.1, 0.15) is 0 Å². The van der Waals surface area contributed by atoms with Crippen molar-refractivity contribution in [1.29, 1.82) is 0 Å². The minimum Gasteiger partial charge on any atom is -0.166 e. The van der Waals surface area contributed by atoms with Crippen molar-refractivity contribution in [3.63, 3.8) is 0 Å². The van der Waals surface area contributed by atoms with E-state index in [9.17, 15) is 13.2 Å². The van der Waals surface area contributed by atoms with Gasteiger partial charge in [-0.3, -0.25) is 0 Å². The van der Waals surface area contributed by atoms with Gasteiger partial charge in [0.2, 0.25) is 0 Å². The number of hydrogen-bond donors (Lipinski definition) is 0. The minimum absolute atomic E-state index is 0.0326. The normalized spacial score (nSPS) is 13.2. The third kappa shape index (κ3) is 4.24. The van der Waals surface area contributed by atoms with E-state index in [1.165, 1.54) is 12.1 Å². The summed E-state index contributed by atoms with van der Waals surface area (Å²) in [5.41, 5.74) is 2.25. The maximum absolute atomic E-state index is 12.5. The standard InChI is InChI=1S/C16H13BrClF3/c1-10-8-12(4-7-15(10)18)14(17)9-11-2-5-13(6-3-11)16(19,20)21/h2-8,14H,9H2,1H3. The first-order valence-electron chi connectivity index (χ1n) is 6.33. The third-order valence-corrected chi connectivity index (χ3v) is 4.52. The van der Waals surface area contributed by atoms with Crippen molar-refractivity contribution in [3.8, 4) is 0 Å². The lowest BCUT2D eigenvalue weighted by molar-refractivity contribution is -0.137. The summed E-state index contributed by atoms with van der Waals surface area (Å²) in [6, 6.07) is 11.0. The first-order chi connectivity index (χ1) is 9.77. The van der Waals surface area contributed by atoms with E-state index in [1.807, 2.05) is 25.1 Å². The lowest BCUT2D eigenvalue weighted by Gasteiger charge is -2.13. The van der Waals surface area contributed by atoms with Crippen LogP contribution in [0.1, 0.15) is 27.1 Å². The molecule has 0 aliphatic heterocycles. The lowest BCUT2D eigenvalue weighted by Crippen LogP contribution is -2.05. The molecular weight excluding hydrogens is 365 g/mol. The summed E-state index contributed by atoms with van der Waals surface area (Å²) in [6.07, 6.45) is -3.68. The molecule has 0 saturated carbocycles. The van der Waals surface area contributed by atoms with Gasteiger partial charge in [-0.05, 0) is 48.2 Å². The molecule has 0 spiro atoms. The molecule has 0 amide bonds. The molecule has 0 bridgehead atoms. The molecule has 1 atom stereocenters. The van der Waals surface area contributed by atoms with Crippen molar-refractivity contribution in [2.45, 2.75) is 24.3 Å². The zero-order valence-electron chi connectivity index (χ0n) is 11.2. The summed E-state index contributed by atoms with van der Waals surface area (Å²) in [5.74, 6) is 0. The second kappa shape index (κ2) is 6.41. The Labute approximate surface area is 135 Å². The van der Waals surface area contributed by atoms with Crippen molar-refractivity contribution in [3.05, 3.63) is 69.7 Å². The van der Waals surface area contributed by atoms with E-state index >= 15 is 0 Å². The zero-order valence-corrected chi connectivity index (χ0v) is 13.6. The Morgan fingerprint density at radius 3 is 2.24 bits per heavy atom. The average molecular weight is 378 g/mol. The molecule has 0 N–H and O–H groups in total. The number of rotatable bonds is 3. The molecular formula is C16H13BrClF3. The van der Waals surface area contributed by atoms with Crippen LogP contribution in [0.2, 0.25) is 5.02 Å². The molecule has 0 aromatic heterocycles. The van der Waals surface area contributed by atoms with E-state index in [0.29, 0.717) is 11.4 Å². The smallest absolute Gasteiger partial charge is 0.166 e. The highest BCUT2D eigenvalue weighted by Crippen LogP contribution is 2.32. The maximum Gasteiger partial charge on any atom is 0.416 e. The molecule has 0 fully saturated rings. The quantitative estimate of drug-likeness (QED) is 0.547. The van der Waals surface area contributed by atoms with Gasteiger partial charge >= 0.3 is 6.18 Å². The first kappa shape index (κ1) is 16.4. The average Bonchev–Trinajstić information content (AvgIpc) is 2.41. The second-order valence-electron chi connectivity index (χ2n) is 4.87. The van der Waals surface area contributed by atoms with Gasteiger partial charge in [0.05, 0.1) is 5.56 Å². The van der Waals surface area contributed by atoms with E-state index in [4.69, 9.17) is 11.6 Å². The number of alkyl halides is 4. The third-order valence-electron chi connectivity index (χ3n) is 3.24. The Kier molecular flexibility index (Phi) is 4.99. The molecule has 2 rings (SSSR count). The number of halogens is 5. The molecule has 0 nitrogen and oxygen atoms in total.